The summed E-state index contributed by atoms with van der Waals surface area (Å²) in [5.74, 6) is 0. The number of hydrogen-bond donors (Lipinski definition) is 0. The van der Waals surface area contributed by atoms with E-state index in [1.54, 1.807) is 14.2 Å². The van der Waals surface area contributed by atoms with E-state index in [2.05, 4.69) is 20.8 Å². The number of nitrogens with zero attached hydrogens (tertiary/aromatic N) is 1. The van der Waals surface area contributed by atoms with Gasteiger partial charge in [-0.15, -0.1) is 0 Å². The second kappa shape index (κ2) is 4.70. The molecule has 3 nitrogen and oxygen atoms in total. The third-order valence-electron chi connectivity index (χ3n) is 3.70. The van der Waals surface area contributed by atoms with Gasteiger partial charge in [0.25, 0.3) is 0 Å². The Balaban J connectivity index is 1.85. The molecule has 0 N–H and O–H groups in total. The normalized spacial score (nSPS) is 34.6. The van der Waals surface area contributed by atoms with Gasteiger partial charge in [-0.2, -0.15) is 0 Å². The smallest absolute Gasteiger partial charge is 0.0971 e. The van der Waals surface area contributed by atoms with Crippen molar-refractivity contribution < 1.29 is 9.47 Å². The molecule has 1 heterocycles. The van der Waals surface area contributed by atoms with Crippen LogP contribution in [-0.2, 0) is 9.47 Å². The van der Waals surface area contributed by atoms with E-state index in [0.717, 1.165) is 18.4 Å². The highest BCUT2D eigenvalue weighted by Crippen LogP contribution is 2.48. The first-order chi connectivity index (χ1) is 7.23. The van der Waals surface area contributed by atoms with Crippen LogP contribution in [0.4, 0.5) is 0 Å². The van der Waals surface area contributed by atoms with E-state index in [4.69, 9.17) is 9.47 Å². The van der Waals surface area contributed by atoms with Gasteiger partial charge in [-0.25, -0.2) is 0 Å². The molecule has 2 unspecified atom stereocenters. The van der Waals surface area contributed by atoms with Crippen molar-refractivity contribution in [1.82, 2.24) is 4.90 Å². The Labute approximate surface area is 100 Å². The first-order valence-electron chi connectivity index (χ1n) is 5.57. The predicted molar refractivity (Wildman–Crippen MR) is 63.5 cm³/mol. The van der Waals surface area contributed by atoms with Crippen molar-refractivity contribution in [2.24, 2.45) is 5.41 Å². The minimum atomic E-state index is 0.251. The lowest BCUT2D eigenvalue weighted by atomic mass is 10.1. The van der Waals surface area contributed by atoms with Crippen molar-refractivity contribution in [3.63, 3.8) is 0 Å². The molecule has 2 fully saturated rings. The van der Waals surface area contributed by atoms with Crippen LogP contribution in [0, 0.1) is 5.41 Å². The molecule has 1 saturated heterocycles. The molecule has 0 bridgehead atoms. The molecule has 0 amide bonds. The molecule has 0 spiro atoms. The largest absolute Gasteiger partial charge is 0.377 e. The maximum atomic E-state index is 5.44. The van der Waals surface area contributed by atoms with Gasteiger partial charge in [-0.1, -0.05) is 15.9 Å². The predicted octanol–water partition coefficient (Wildman–Crippen LogP) is 1.51. The quantitative estimate of drug-likeness (QED) is 0.711. The number of halogens is 1. The molecule has 1 saturated carbocycles. The van der Waals surface area contributed by atoms with E-state index < -0.39 is 0 Å². The van der Waals surface area contributed by atoms with Crippen LogP contribution < -0.4 is 0 Å². The zero-order valence-corrected chi connectivity index (χ0v) is 11.1. The van der Waals surface area contributed by atoms with Crippen LogP contribution in [0.15, 0.2) is 0 Å². The molecule has 4 heteroatoms. The maximum absolute atomic E-state index is 5.44. The Morgan fingerprint density at radius 2 is 1.73 bits per heavy atom. The third-order valence-corrected chi connectivity index (χ3v) is 4.89. The topological polar surface area (TPSA) is 21.7 Å². The van der Waals surface area contributed by atoms with E-state index >= 15 is 0 Å². The number of likely N-dealkylation sites (tertiary alicyclic amines) is 1. The lowest BCUT2D eigenvalue weighted by Gasteiger charge is -2.21. The fraction of sp³-hybridized carbons (Fsp3) is 1.00. The molecule has 1 aliphatic heterocycles. The van der Waals surface area contributed by atoms with Gasteiger partial charge in [0.1, 0.15) is 0 Å². The van der Waals surface area contributed by atoms with E-state index in [-0.39, 0.29) is 12.2 Å². The number of hydrogen-bond acceptors (Lipinski definition) is 3. The highest BCUT2D eigenvalue weighted by molar-refractivity contribution is 9.09. The Bertz CT molecular complexity index is 209. The Morgan fingerprint density at radius 1 is 1.20 bits per heavy atom. The van der Waals surface area contributed by atoms with E-state index in [1.165, 1.54) is 19.4 Å². The zero-order chi connectivity index (χ0) is 10.9. The highest BCUT2D eigenvalue weighted by atomic mass is 79.9. The lowest BCUT2D eigenvalue weighted by Crippen LogP contribution is -2.30. The van der Waals surface area contributed by atoms with E-state index in [9.17, 15) is 0 Å². The summed E-state index contributed by atoms with van der Waals surface area (Å²) in [6.07, 6.45) is 3.23. The first-order valence-corrected chi connectivity index (χ1v) is 6.69. The molecular weight excluding hydrogens is 258 g/mol. The van der Waals surface area contributed by atoms with Crippen molar-refractivity contribution in [1.29, 1.82) is 0 Å². The molecule has 0 aromatic carbocycles. The molecule has 0 radical (unpaired) electrons. The first kappa shape index (κ1) is 11.8. The lowest BCUT2D eigenvalue weighted by molar-refractivity contribution is -0.00461. The van der Waals surface area contributed by atoms with Gasteiger partial charge < -0.3 is 9.47 Å². The summed E-state index contributed by atoms with van der Waals surface area (Å²) in [6, 6.07) is 0. The molecule has 0 aromatic rings. The van der Waals surface area contributed by atoms with Crippen LogP contribution in [0.1, 0.15) is 12.8 Å². The minimum absolute atomic E-state index is 0.251. The molecule has 1 aliphatic carbocycles. The van der Waals surface area contributed by atoms with Crippen LogP contribution in [0.2, 0.25) is 0 Å². The van der Waals surface area contributed by atoms with Gasteiger partial charge in [0, 0.05) is 39.2 Å². The van der Waals surface area contributed by atoms with Crippen LogP contribution in [0.5, 0.6) is 0 Å². The number of rotatable bonds is 5. The summed E-state index contributed by atoms with van der Waals surface area (Å²) in [6.45, 7) is 3.23. The van der Waals surface area contributed by atoms with E-state index in [0.29, 0.717) is 5.41 Å². The van der Waals surface area contributed by atoms with Gasteiger partial charge in [0.15, 0.2) is 0 Å². The van der Waals surface area contributed by atoms with Gasteiger partial charge in [-0.3, -0.25) is 4.90 Å². The number of methoxy groups -OCH3 is 2. The van der Waals surface area contributed by atoms with Crippen LogP contribution in [0.3, 0.4) is 0 Å². The van der Waals surface area contributed by atoms with Crippen LogP contribution >= 0.6 is 15.9 Å². The van der Waals surface area contributed by atoms with Crippen molar-refractivity contribution in [2.75, 3.05) is 39.2 Å². The van der Waals surface area contributed by atoms with Gasteiger partial charge in [0.05, 0.1) is 12.2 Å². The summed E-state index contributed by atoms with van der Waals surface area (Å²) < 4.78 is 10.9. The third kappa shape index (κ3) is 2.54. The maximum Gasteiger partial charge on any atom is 0.0971 e. The average molecular weight is 278 g/mol. The Hall–Kier alpha value is 0.360. The molecule has 2 atom stereocenters. The Morgan fingerprint density at radius 3 is 2.07 bits per heavy atom. The molecule has 0 aromatic heterocycles. The SMILES string of the molecule is COC1CN(CC2(CBr)CC2)CC1OC. The van der Waals surface area contributed by atoms with Crippen molar-refractivity contribution in [3.05, 3.63) is 0 Å². The summed E-state index contributed by atoms with van der Waals surface area (Å²) in [7, 11) is 3.55. The van der Waals surface area contributed by atoms with Gasteiger partial charge >= 0.3 is 0 Å². The van der Waals surface area contributed by atoms with E-state index in [1.807, 2.05) is 0 Å². The average Bonchev–Trinajstić information content (AvgIpc) is 2.91. The molecule has 2 rings (SSSR count). The molecular formula is C11H20BrNO2. The van der Waals surface area contributed by atoms with Crippen LogP contribution in [-0.4, -0.2) is 56.3 Å². The van der Waals surface area contributed by atoms with Gasteiger partial charge in [-0.05, 0) is 18.3 Å². The molecule has 15 heavy (non-hydrogen) atoms. The van der Waals surface area contributed by atoms with Crippen molar-refractivity contribution in [3.8, 4) is 0 Å². The van der Waals surface area contributed by atoms with Crippen LogP contribution in [0.25, 0.3) is 0 Å². The van der Waals surface area contributed by atoms with Crippen molar-refractivity contribution in [2.45, 2.75) is 25.0 Å². The number of alkyl halides is 1. The summed E-state index contributed by atoms with van der Waals surface area (Å²) in [5, 5.41) is 1.13. The number of ether oxygens (including phenoxy) is 2. The fourth-order valence-corrected chi connectivity index (χ4v) is 3.12. The summed E-state index contributed by atoms with van der Waals surface area (Å²) in [5.41, 5.74) is 0.556. The minimum Gasteiger partial charge on any atom is -0.377 e. The second-order valence-electron chi connectivity index (χ2n) is 4.88. The molecule has 2 aliphatic rings. The summed E-state index contributed by atoms with van der Waals surface area (Å²) >= 11 is 3.62. The second-order valence-corrected chi connectivity index (χ2v) is 5.44. The summed E-state index contributed by atoms with van der Waals surface area (Å²) in [4.78, 5) is 2.48. The zero-order valence-electron chi connectivity index (χ0n) is 9.54. The Kier molecular flexibility index (Phi) is 3.71. The molecule has 88 valence electrons. The van der Waals surface area contributed by atoms with Crippen molar-refractivity contribution >= 4 is 15.9 Å². The standard InChI is InChI=1S/C11H20BrNO2/c1-14-9-5-13(6-10(9)15-2)8-11(7-12)3-4-11/h9-10H,3-8H2,1-2H3. The monoisotopic (exact) mass is 277 g/mol. The van der Waals surface area contributed by atoms with Gasteiger partial charge in [0.2, 0.25) is 0 Å². The highest BCUT2D eigenvalue weighted by Gasteiger charge is 2.45. The fourth-order valence-electron chi connectivity index (χ4n) is 2.39.